The van der Waals surface area contributed by atoms with Crippen molar-refractivity contribution in [3.63, 3.8) is 0 Å². The van der Waals surface area contributed by atoms with Crippen LogP contribution in [0.3, 0.4) is 0 Å². The van der Waals surface area contributed by atoms with E-state index in [1.165, 1.54) is 0 Å². The van der Waals surface area contributed by atoms with E-state index in [4.69, 9.17) is 13.6 Å². The zero-order valence-electron chi connectivity index (χ0n) is 19.0. The lowest BCUT2D eigenvalue weighted by atomic mass is 10.2. The van der Waals surface area contributed by atoms with E-state index in [0.717, 1.165) is 0 Å². The molecule has 9 nitrogen and oxygen atoms in total. The van der Waals surface area contributed by atoms with Crippen LogP contribution >= 0.6 is 7.82 Å². The molecule has 0 spiro atoms. The molecule has 0 fully saturated rings. The topological polar surface area (TPSA) is 110 Å². The Labute approximate surface area is 211 Å². The minimum Gasteiger partial charge on any atom is -0.445 e. The highest BCUT2D eigenvalue weighted by molar-refractivity contribution is 7.48. The number of alkyl halides is 6. The van der Waals surface area contributed by atoms with Gasteiger partial charge >= 0.3 is 26.5 Å². The van der Waals surface area contributed by atoms with Gasteiger partial charge in [0.15, 0.2) is 11.9 Å². The maximum absolute atomic E-state index is 13.5. The van der Waals surface area contributed by atoms with E-state index < -0.39 is 70.1 Å². The smallest absolute Gasteiger partial charge is 0.445 e. The van der Waals surface area contributed by atoms with Crippen LogP contribution in [0.25, 0.3) is 0 Å². The van der Waals surface area contributed by atoms with Crippen molar-refractivity contribution in [1.82, 2.24) is 0 Å². The van der Waals surface area contributed by atoms with E-state index in [0.29, 0.717) is 11.1 Å². The average molecular weight is 572 g/mol. The number of cyclic esters (lactones) is 1. The number of aliphatic hydroxyl groups excluding tert-OH is 1. The van der Waals surface area contributed by atoms with E-state index in [-0.39, 0.29) is 0 Å². The van der Waals surface area contributed by atoms with Gasteiger partial charge in [-0.25, -0.2) is 9.36 Å². The molecule has 1 N–H and O–H groups in total. The summed E-state index contributed by atoms with van der Waals surface area (Å²) in [6.07, 6.45) is -15.9. The molecule has 2 aromatic rings. The van der Waals surface area contributed by atoms with E-state index in [2.05, 4.69) is 14.2 Å². The molecule has 3 rings (SSSR count). The van der Waals surface area contributed by atoms with Crippen LogP contribution in [0.4, 0.5) is 26.3 Å². The monoisotopic (exact) mass is 572 g/mol. The van der Waals surface area contributed by atoms with Crippen molar-refractivity contribution in [2.45, 2.75) is 38.1 Å². The lowest BCUT2D eigenvalue weighted by Crippen LogP contribution is -2.36. The summed E-state index contributed by atoms with van der Waals surface area (Å²) in [4.78, 5) is 11.9. The molecule has 0 aliphatic carbocycles. The number of hydrogen-bond donors (Lipinski definition) is 1. The van der Waals surface area contributed by atoms with Crippen molar-refractivity contribution < 1.29 is 68.6 Å². The first-order valence-electron chi connectivity index (χ1n) is 10.5. The lowest BCUT2D eigenvalue weighted by molar-refractivity contribution is -0.321. The molecular formula is C22H19F6O9P. The van der Waals surface area contributed by atoms with Gasteiger partial charge in [-0.3, -0.25) is 13.6 Å². The van der Waals surface area contributed by atoms with Crippen molar-refractivity contribution in [1.29, 1.82) is 0 Å². The Morgan fingerprint density at radius 1 is 0.842 bits per heavy atom. The third kappa shape index (κ3) is 8.74. The molecular weight excluding hydrogens is 553 g/mol. The highest BCUT2D eigenvalue weighted by Crippen LogP contribution is 2.53. The number of phosphoric acid groups is 1. The van der Waals surface area contributed by atoms with Crippen molar-refractivity contribution in [2.75, 3.05) is 6.61 Å². The molecule has 0 amide bonds. The standard InChI is InChI=1S/C22H19F6O9P/c23-21(24,25)35-18-17(34-20(30)19(18)36-22(26,27)28)16(11-29)37-38(31,32-12-14-7-3-1-4-8-14)33-13-15-9-5-2-6-10-15/h1-10,16-17,29H,11-13H2. The molecule has 0 radical (unpaired) electrons. The maximum Gasteiger partial charge on any atom is 0.573 e. The Bertz CT molecular complexity index is 1110. The second-order valence-electron chi connectivity index (χ2n) is 7.41. The van der Waals surface area contributed by atoms with Crippen LogP contribution in [0.1, 0.15) is 11.1 Å². The van der Waals surface area contributed by atoms with Crippen molar-refractivity contribution in [3.05, 3.63) is 83.3 Å². The Balaban J connectivity index is 1.90. The summed E-state index contributed by atoms with van der Waals surface area (Å²) >= 11 is 0. The fraction of sp³-hybridized carbons (Fsp3) is 0.318. The largest absolute Gasteiger partial charge is 0.573 e. The summed E-state index contributed by atoms with van der Waals surface area (Å²) in [5.74, 6) is -5.79. The lowest BCUT2D eigenvalue weighted by Gasteiger charge is -2.27. The maximum atomic E-state index is 13.5. The number of phosphoric ester groups is 1. The van der Waals surface area contributed by atoms with Gasteiger partial charge in [0.25, 0.3) is 5.76 Å². The number of esters is 1. The molecule has 2 atom stereocenters. The molecule has 0 bridgehead atoms. The number of benzene rings is 2. The number of carbonyl (C=O) groups is 1. The normalized spacial score (nSPS) is 17.3. The summed E-state index contributed by atoms with van der Waals surface area (Å²) in [5.41, 5.74) is 0.934. The van der Waals surface area contributed by atoms with Crippen molar-refractivity contribution in [2.24, 2.45) is 0 Å². The van der Waals surface area contributed by atoms with Gasteiger partial charge in [-0.15, -0.1) is 26.3 Å². The molecule has 16 heteroatoms. The van der Waals surface area contributed by atoms with Crippen LogP contribution in [0.15, 0.2) is 72.2 Å². The molecule has 208 valence electrons. The Kier molecular flexibility index (Phi) is 9.44. The van der Waals surface area contributed by atoms with Gasteiger partial charge in [-0.1, -0.05) is 60.7 Å². The zero-order chi connectivity index (χ0) is 28.0. The first-order chi connectivity index (χ1) is 17.8. The number of carbonyl (C=O) groups excluding carboxylic acids is 1. The van der Waals surface area contributed by atoms with E-state index in [1.807, 2.05) is 0 Å². The van der Waals surface area contributed by atoms with Gasteiger partial charge in [0.05, 0.1) is 19.8 Å². The number of aliphatic hydroxyl groups is 1. The molecule has 2 unspecified atom stereocenters. The summed E-state index contributed by atoms with van der Waals surface area (Å²) in [6.45, 7) is -2.13. The van der Waals surface area contributed by atoms with E-state index in [1.54, 1.807) is 60.7 Å². The fourth-order valence-corrected chi connectivity index (χ4v) is 4.36. The molecule has 1 heterocycles. The minimum absolute atomic E-state index is 0.403. The summed E-state index contributed by atoms with van der Waals surface area (Å²) in [5, 5.41) is 9.77. The predicted octanol–water partition coefficient (Wildman–Crippen LogP) is 5.12. The average Bonchev–Trinajstić information content (AvgIpc) is 3.13. The van der Waals surface area contributed by atoms with Gasteiger partial charge in [-0.05, 0) is 11.1 Å². The zero-order valence-corrected chi connectivity index (χ0v) is 19.9. The molecule has 0 saturated heterocycles. The highest BCUT2D eigenvalue weighted by Gasteiger charge is 2.52. The van der Waals surface area contributed by atoms with Crippen LogP contribution in [0, 0.1) is 0 Å². The highest BCUT2D eigenvalue weighted by atomic mass is 31.2. The summed E-state index contributed by atoms with van der Waals surface area (Å²) in [6, 6.07) is 16.1. The third-order valence-electron chi connectivity index (χ3n) is 4.59. The van der Waals surface area contributed by atoms with Gasteiger partial charge in [0.2, 0.25) is 0 Å². The molecule has 2 aromatic carbocycles. The van der Waals surface area contributed by atoms with Crippen LogP contribution in [0.5, 0.6) is 0 Å². The second kappa shape index (κ2) is 12.2. The molecule has 1 aliphatic rings. The molecule has 0 aromatic heterocycles. The minimum atomic E-state index is -5.61. The summed E-state index contributed by atoms with van der Waals surface area (Å²) in [7, 11) is -4.81. The van der Waals surface area contributed by atoms with E-state index >= 15 is 0 Å². The van der Waals surface area contributed by atoms with Gasteiger partial charge < -0.3 is 19.3 Å². The van der Waals surface area contributed by atoms with Crippen molar-refractivity contribution in [3.8, 4) is 0 Å². The third-order valence-corrected chi connectivity index (χ3v) is 6.01. The number of hydrogen-bond acceptors (Lipinski definition) is 9. The van der Waals surface area contributed by atoms with Gasteiger partial charge in [-0.2, -0.15) is 0 Å². The Morgan fingerprint density at radius 2 is 1.32 bits per heavy atom. The van der Waals surface area contributed by atoms with Crippen LogP contribution in [-0.2, 0) is 50.4 Å². The summed E-state index contributed by atoms with van der Waals surface area (Å²) < 4.78 is 118. The van der Waals surface area contributed by atoms with Crippen LogP contribution in [-0.4, -0.2) is 42.6 Å². The van der Waals surface area contributed by atoms with Crippen LogP contribution in [0.2, 0.25) is 0 Å². The van der Waals surface area contributed by atoms with E-state index in [9.17, 15) is 40.8 Å². The molecule has 0 saturated carbocycles. The fourth-order valence-electron chi connectivity index (χ4n) is 3.04. The quantitative estimate of drug-likeness (QED) is 0.211. The predicted molar refractivity (Wildman–Crippen MR) is 113 cm³/mol. The first-order valence-corrected chi connectivity index (χ1v) is 12.0. The molecule has 1 aliphatic heterocycles. The second-order valence-corrected chi connectivity index (χ2v) is 9.03. The number of halogens is 6. The number of ether oxygens (including phenoxy) is 3. The Hall–Kier alpha value is -3.10. The first kappa shape index (κ1) is 29.5. The van der Waals surface area contributed by atoms with Crippen LogP contribution < -0.4 is 0 Å². The number of rotatable bonds is 12. The van der Waals surface area contributed by atoms with Crippen molar-refractivity contribution >= 4 is 13.8 Å². The molecule has 38 heavy (non-hydrogen) atoms. The Morgan fingerprint density at radius 3 is 1.74 bits per heavy atom. The SMILES string of the molecule is O=C1OC(C(CO)OP(=O)(OCc2ccccc2)OCc2ccccc2)C(OC(F)(F)F)=C1OC(F)(F)F. The van der Waals surface area contributed by atoms with Gasteiger partial charge in [0, 0.05) is 0 Å². The van der Waals surface area contributed by atoms with Gasteiger partial charge in [0.1, 0.15) is 6.10 Å².